The van der Waals surface area contributed by atoms with Crippen LogP contribution in [0.5, 0.6) is 5.75 Å². The van der Waals surface area contributed by atoms with E-state index in [1.165, 1.54) is 18.5 Å². The fourth-order valence-electron chi connectivity index (χ4n) is 2.67. The minimum atomic E-state index is -4.75. The third kappa shape index (κ3) is 7.32. The molecule has 0 saturated heterocycles. The first-order valence-electron chi connectivity index (χ1n) is 9.49. The highest BCUT2D eigenvalue weighted by molar-refractivity contribution is 6.01. The molecule has 0 aliphatic heterocycles. The molecule has 1 aliphatic rings. The largest absolute Gasteiger partial charge is 0.573 e. The van der Waals surface area contributed by atoms with Crippen LogP contribution in [0.3, 0.4) is 0 Å². The second-order valence-electron chi connectivity index (χ2n) is 6.95. The number of nitrogens with one attached hydrogen (secondary N) is 1. The van der Waals surface area contributed by atoms with Crippen LogP contribution in [0.15, 0.2) is 58.5 Å². The van der Waals surface area contributed by atoms with E-state index in [9.17, 15) is 18.0 Å². The molecule has 0 radical (unpaired) electrons. The van der Waals surface area contributed by atoms with E-state index in [4.69, 9.17) is 10.5 Å². The van der Waals surface area contributed by atoms with Gasteiger partial charge in [-0.05, 0) is 74.2 Å². The molecular formula is C21H21F3N4O3. The molecule has 0 heterocycles. The van der Waals surface area contributed by atoms with Crippen LogP contribution in [-0.4, -0.2) is 30.7 Å². The average molecular weight is 434 g/mol. The van der Waals surface area contributed by atoms with Gasteiger partial charge in [0, 0.05) is 11.3 Å². The lowest BCUT2D eigenvalue weighted by molar-refractivity contribution is -0.274. The van der Waals surface area contributed by atoms with E-state index in [0.29, 0.717) is 22.9 Å². The third-order valence-corrected chi connectivity index (χ3v) is 4.48. The number of halogens is 3. The van der Waals surface area contributed by atoms with Crippen molar-refractivity contribution < 1.29 is 27.4 Å². The summed E-state index contributed by atoms with van der Waals surface area (Å²) in [5.74, 6) is 0.295. The molecule has 1 amide bonds. The van der Waals surface area contributed by atoms with Crippen LogP contribution in [0.2, 0.25) is 0 Å². The molecule has 0 aromatic heterocycles. The molecule has 0 spiro atoms. The topological polar surface area (TPSA) is 98.3 Å². The molecule has 3 rings (SSSR count). The molecule has 1 fully saturated rings. The maximum Gasteiger partial charge on any atom is 0.573 e. The van der Waals surface area contributed by atoms with Gasteiger partial charge in [-0.15, -0.1) is 13.2 Å². The number of amides is 1. The van der Waals surface area contributed by atoms with Crippen LogP contribution in [0, 0.1) is 5.92 Å². The number of carbonyl (C=O) groups excluding carboxylic acids is 1. The summed E-state index contributed by atoms with van der Waals surface area (Å²) in [7, 11) is 0. The van der Waals surface area contributed by atoms with Crippen molar-refractivity contribution in [3.63, 3.8) is 0 Å². The van der Waals surface area contributed by atoms with Crippen molar-refractivity contribution in [2.45, 2.75) is 32.2 Å². The van der Waals surface area contributed by atoms with Gasteiger partial charge in [-0.2, -0.15) is 0 Å². The normalized spacial score (nSPS) is 15.5. The van der Waals surface area contributed by atoms with E-state index in [2.05, 4.69) is 20.0 Å². The van der Waals surface area contributed by atoms with Crippen molar-refractivity contribution in [3.05, 3.63) is 54.1 Å². The third-order valence-electron chi connectivity index (χ3n) is 4.48. The highest BCUT2D eigenvalue weighted by atomic mass is 19.4. The summed E-state index contributed by atoms with van der Waals surface area (Å²) in [4.78, 5) is 19.9. The first-order valence-corrected chi connectivity index (χ1v) is 9.49. The van der Waals surface area contributed by atoms with E-state index in [1.807, 2.05) is 6.92 Å². The molecule has 2 aromatic rings. The van der Waals surface area contributed by atoms with Gasteiger partial charge in [0.25, 0.3) is 0 Å². The number of hydrogen-bond donors (Lipinski definition) is 2. The minimum Gasteiger partial charge on any atom is -0.446 e. The van der Waals surface area contributed by atoms with E-state index >= 15 is 0 Å². The zero-order valence-electron chi connectivity index (χ0n) is 16.6. The Balaban J connectivity index is 1.53. The van der Waals surface area contributed by atoms with E-state index < -0.39 is 12.5 Å². The van der Waals surface area contributed by atoms with Crippen LogP contribution < -0.4 is 15.8 Å². The summed E-state index contributed by atoms with van der Waals surface area (Å²) < 4.78 is 45.5. The first kappa shape index (κ1) is 22.1. The number of ether oxygens (including phenoxy) is 2. The van der Waals surface area contributed by atoms with Crippen LogP contribution in [0.4, 0.5) is 29.3 Å². The number of alkyl halides is 3. The number of hydrogen-bond acceptors (Lipinski definition) is 4. The Bertz CT molecular complexity index is 953. The number of amidine groups is 1. The van der Waals surface area contributed by atoms with Crippen molar-refractivity contribution in [3.8, 4) is 5.75 Å². The molecule has 0 bridgehead atoms. The summed E-state index contributed by atoms with van der Waals surface area (Å²) in [5, 5.41) is 2.66. The highest BCUT2D eigenvalue weighted by Gasteiger charge is 2.31. The molecule has 2 aromatic carbocycles. The molecule has 10 heteroatoms. The smallest absolute Gasteiger partial charge is 0.446 e. The predicted molar refractivity (Wildman–Crippen MR) is 111 cm³/mol. The highest BCUT2D eigenvalue weighted by Crippen LogP contribution is 2.34. The second-order valence-corrected chi connectivity index (χ2v) is 6.95. The summed E-state index contributed by atoms with van der Waals surface area (Å²) in [6.07, 6.45) is -1.99. The van der Waals surface area contributed by atoms with Gasteiger partial charge in [-0.25, -0.2) is 14.8 Å². The molecule has 164 valence electrons. The van der Waals surface area contributed by atoms with Gasteiger partial charge in [0.2, 0.25) is 0 Å². The fraction of sp³-hybridized carbons (Fsp3) is 0.286. The van der Waals surface area contributed by atoms with Gasteiger partial charge in [0.1, 0.15) is 24.0 Å². The van der Waals surface area contributed by atoms with E-state index in [-0.39, 0.29) is 17.7 Å². The molecule has 1 saturated carbocycles. The Morgan fingerprint density at radius 3 is 2.39 bits per heavy atom. The minimum absolute atomic E-state index is 0.102. The van der Waals surface area contributed by atoms with Crippen molar-refractivity contribution in [2.24, 2.45) is 21.6 Å². The molecule has 1 unspecified atom stereocenters. The molecule has 3 N–H and O–H groups in total. The maximum absolute atomic E-state index is 12.2. The Morgan fingerprint density at radius 1 is 1.16 bits per heavy atom. The lowest BCUT2D eigenvalue weighted by Gasteiger charge is -2.13. The van der Waals surface area contributed by atoms with Crippen LogP contribution in [-0.2, 0) is 4.74 Å². The SMILES string of the molecule is CC(OC(=O)Nc1ccc(C(N)=NC=Nc2ccc(OC(F)(F)F)cc2)cc1)C1CC1. The Kier molecular flexibility index (Phi) is 6.78. The number of aliphatic imine (C=N–C) groups is 2. The maximum atomic E-state index is 12.2. The summed E-state index contributed by atoms with van der Waals surface area (Å²) in [5.41, 5.74) is 7.45. The fourth-order valence-corrected chi connectivity index (χ4v) is 2.67. The predicted octanol–water partition coefficient (Wildman–Crippen LogP) is 5.00. The van der Waals surface area contributed by atoms with Gasteiger partial charge in [0.15, 0.2) is 0 Å². The monoisotopic (exact) mass is 434 g/mol. The number of benzene rings is 2. The van der Waals surface area contributed by atoms with Crippen LogP contribution in [0.25, 0.3) is 0 Å². The van der Waals surface area contributed by atoms with Gasteiger partial charge in [0.05, 0.1) is 5.69 Å². The molecule has 1 aliphatic carbocycles. The molecular weight excluding hydrogens is 413 g/mol. The van der Waals surface area contributed by atoms with Crippen molar-refractivity contribution in [1.82, 2.24) is 0 Å². The summed E-state index contributed by atoms with van der Waals surface area (Å²) in [6.45, 7) is 1.88. The van der Waals surface area contributed by atoms with E-state index in [1.54, 1.807) is 24.3 Å². The van der Waals surface area contributed by atoms with Crippen LogP contribution >= 0.6 is 0 Å². The Labute approximate surface area is 176 Å². The lowest BCUT2D eigenvalue weighted by Crippen LogP contribution is -2.21. The Morgan fingerprint density at radius 2 is 1.81 bits per heavy atom. The van der Waals surface area contributed by atoms with Crippen LogP contribution in [0.1, 0.15) is 25.3 Å². The van der Waals surface area contributed by atoms with Crippen molar-refractivity contribution >= 4 is 29.6 Å². The first-order chi connectivity index (χ1) is 14.7. The lowest BCUT2D eigenvalue weighted by atomic mass is 10.2. The zero-order valence-corrected chi connectivity index (χ0v) is 16.6. The summed E-state index contributed by atoms with van der Waals surface area (Å²) >= 11 is 0. The molecule has 31 heavy (non-hydrogen) atoms. The summed E-state index contributed by atoms with van der Waals surface area (Å²) in [6, 6.07) is 11.7. The number of anilines is 1. The van der Waals surface area contributed by atoms with Gasteiger partial charge in [-0.1, -0.05) is 0 Å². The average Bonchev–Trinajstić information content (AvgIpc) is 3.54. The zero-order chi connectivity index (χ0) is 22.4. The Hall–Kier alpha value is -3.56. The number of carbonyl (C=O) groups is 1. The van der Waals surface area contributed by atoms with Gasteiger partial charge < -0.3 is 15.2 Å². The number of rotatable bonds is 7. The van der Waals surface area contributed by atoms with Gasteiger partial charge in [-0.3, -0.25) is 5.32 Å². The van der Waals surface area contributed by atoms with Crippen molar-refractivity contribution in [2.75, 3.05) is 5.32 Å². The van der Waals surface area contributed by atoms with Gasteiger partial charge >= 0.3 is 12.5 Å². The van der Waals surface area contributed by atoms with Crippen molar-refractivity contribution in [1.29, 1.82) is 0 Å². The second kappa shape index (κ2) is 9.50. The standard InChI is InChI=1S/C21H21F3N4O3/c1-13(14-2-3-14)30-20(29)28-17-6-4-15(5-7-17)19(25)27-12-26-16-8-10-18(11-9-16)31-21(22,23)24/h4-14H,2-3H2,1H3,(H,28,29)(H2,25,26,27). The number of nitrogens with zero attached hydrogens (tertiary/aromatic N) is 2. The quantitative estimate of drug-likeness (QED) is 0.473. The van der Waals surface area contributed by atoms with E-state index in [0.717, 1.165) is 25.0 Å². The molecule has 7 nitrogen and oxygen atoms in total. The number of nitrogens with two attached hydrogens (primary N) is 1. The molecule has 1 atom stereocenters.